The van der Waals surface area contributed by atoms with E-state index in [4.69, 9.17) is 5.90 Å². The third-order valence-electron chi connectivity index (χ3n) is 1.26. The normalized spacial score (nSPS) is 10.2. The molecule has 0 atom stereocenters. The summed E-state index contributed by atoms with van der Waals surface area (Å²) in [5.74, 6) is 5.15. The number of carbonyl (C=O) groups is 1. The summed E-state index contributed by atoms with van der Waals surface area (Å²) in [5.41, 5.74) is 0. The van der Waals surface area contributed by atoms with Gasteiger partial charge in [-0.3, -0.25) is 9.63 Å². The van der Waals surface area contributed by atoms with Gasteiger partial charge in [0.25, 0.3) is 0 Å². The number of carbonyl (C=O) groups excluding carboxylic acids is 1. The van der Waals surface area contributed by atoms with E-state index >= 15 is 0 Å². The Hall–Kier alpha value is -0.610. The lowest BCUT2D eigenvalue weighted by Gasteiger charge is -2.05. The SMILES string of the molecule is CC(C)CCNC(=O)CON. The molecule has 0 spiro atoms. The smallest absolute Gasteiger partial charge is 0.248 e. The van der Waals surface area contributed by atoms with E-state index in [9.17, 15) is 4.79 Å². The largest absolute Gasteiger partial charge is 0.354 e. The lowest BCUT2D eigenvalue weighted by atomic mass is 10.1. The van der Waals surface area contributed by atoms with Gasteiger partial charge in [0.1, 0.15) is 6.61 Å². The molecule has 11 heavy (non-hydrogen) atoms. The van der Waals surface area contributed by atoms with E-state index in [0.717, 1.165) is 6.42 Å². The number of nitrogens with two attached hydrogens (primary N) is 1. The van der Waals surface area contributed by atoms with Crippen LogP contribution in [0.25, 0.3) is 0 Å². The van der Waals surface area contributed by atoms with Crippen LogP contribution in [0.3, 0.4) is 0 Å². The quantitative estimate of drug-likeness (QED) is 0.558. The molecule has 0 bridgehead atoms. The summed E-state index contributed by atoms with van der Waals surface area (Å²) >= 11 is 0. The van der Waals surface area contributed by atoms with Crippen LogP contribution in [-0.4, -0.2) is 19.1 Å². The van der Waals surface area contributed by atoms with Gasteiger partial charge in [0.2, 0.25) is 5.91 Å². The van der Waals surface area contributed by atoms with Crippen molar-refractivity contribution in [3.8, 4) is 0 Å². The number of hydrogen-bond donors (Lipinski definition) is 2. The van der Waals surface area contributed by atoms with Crippen molar-refractivity contribution in [1.82, 2.24) is 5.32 Å². The van der Waals surface area contributed by atoms with Gasteiger partial charge < -0.3 is 5.32 Å². The minimum atomic E-state index is -0.159. The molecule has 4 heteroatoms. The van der Waals surface area contributed by atoms with Gasteiger partial charge >= 0.3 is 0 Å². The van der Waals surface area contributed by atoms with Crippen molar-refractivity contribution < 1.29 is 9.63 Å². The van der Waals surface area contributed by atoms with Crippen molar-refractivity contribution in [2.24, 2.45) is 11.8 Å². The molecular formula is C7H16N2O2. The zero-order valence-corrected chi connectivity index (χ0v) is 7.09. The van der Waals surface area contributed by atoms with E-state index < -0.39 is 0 Å². The summed E-state index contributed by atoms with van der Waals surface area (Å²) in [4.78, 5) is 14.9. The molecule has 0 saturated heterocycles. The second-order valence-electron chi connectivity index (χ2n) is 2.84. The first-order valence-electron chi connectivity index (χ1n) is 3.75. The minimum absolute atomic E-state index is 0.0574. The van der Waals surface area contributed by atoms with E-state index in [1.165, 1.54) is 0 Å². The highest BCUT2D eigenvalue weighted by atomic mass is 16.6. The summed E-state index contributed by atoms with van der Waals surface area (Å²) in [6.45, 7) is 4.84. The van der Waals surface area contributed by atoms with Crippen molar-refractivity contribution >= 4 is 5.91 Å². The first kappa shape index (κ1) is 10.4. The van der Waals surface area contributed by atoms with Crippen LogP contribution in [0.5, 0.6) is 0 Å². The molecule has 0 aromatic heterocycles. The van der Waals surface area contributed by atoms with Crippen LogP contribution in [-0.2, 0) is 9.63 Å². The van der Waals surface area contributed by atoms with E-state index in [1.54, 1.807) is 0 Å². The minimum Gasteiger partial charge on any atom is -0.354 e. The van der Waals surface area contributed by atoms with Crippen molar-refractivity contribution in [3.05, 3.63) is 0 Å². The molecule has 1 amide bonds. The van der Waals surface area contributed by atoms with Gasteiger partial charge in [0, 0.05) is 6.54 Å². The maximum absolute atomic E-state index is 10.7. The summed E-state index contributed by atoms with van der Waals surface area (Å²) in [5, 5.41) is 2.67. The number of nitrogens with one attached hydrogen (secondary N) is 1. The molecule has 66 valence electrons. The van der Waals surface area contributed by atoms with Gasteiger partial charge in [0.15, 0.2) is 0 Å². The van der Waals surface area contributed by atoms with Crippen LogP contribution in [0.15, 0.2) is 0 Å². The average molecular weight is 160 g/mol. The van der Waals surface area contributed by atoms with Crippen molar-refractivity contribution in [2.75, 3.05) is 13.2 Å². The van der Waals surface area contributed by atoms with Crippen LogP contribution in [0.4, 0.5) is 0 Å². The topological polar surface area (TPSA) is 64.3 Å². The Morgan fingerprint density at radius 2 is 2.27 bits per heavy atom. The monoisotopic (exact) mass is 160 g/mol. The molecule has 0 aromatic carbocycles. The molecule has 0 aliphatic carbocycles. The average Bonchev–Trinajstić information content (AvgIpc) is 1.87. The molecule has 0 aliphatic rings. The van der Waals surface area contributed by atoms with E-state index in [-0.39, 0.29) is 12.5 Å². The van der Waals surface area contributed by atoms with E-state index in [2.05, 4.69) is 24.0 Å². The molecule has 0 aromatic rings. The number of hydrogen-bond acceptors (Lipinski definition) is 3. The maximum Gasteiger partial charge on any atom is 0.248 e. The maximum atomic E-state index is 10.7. The van der Waals surface area contributed by atoms with Gasteiger partial charge in [-0.15, -0.1) is 0 Å². The summed E-state index contributed by atoms with van der Waals surface area (Å²) in [6, 6.07) is 0. The van der Waals surface area contributed by atoms with Crippen LogP contribution in [0.1, 0.15) is 20.3 Å². The predicted molar refractivity (Wildman–Crippen MR) is 42.6 cm³/mol. The van der Waals surface area contributed by atoms with Gasteiger partial charge in [0.05, 0.1) is 0 Å². The fourth-order valence-corrected chi connectivity index (χ4v) is 0.627. The van der Waals surface area contributed by atoms with E-state index in [0.29, 0.717) is 12.5 Å². The fraction of sp³-hybridized carbons (Fsp3) is 0.857. The van der Waals surface area contributed by atoms with Crippen LogP contribution in [0.2, 0.25) is 0 Å². The number of amides is 1. The summed E-state index contributed by atoms with van der Waals surface area (Å²) < 4.78 is 0. The van der Waals surface area contributed by atoms with Crippen LogP contribution in [0, 0.1) is 5.92 Å². The molecule has 3 N–H and O–H groups in total. The summed E-state index contributed by atoms with van der Waals surface area (Å²) in [7, 11) is 0. The first-order valence-corrected chi connectivity index (χ1v) is 3.75. The van der Waals surface area contributed by atoms with Crippen LogP contribution < -0.4 is 11.2 Å². The highest BCUT2D eigenvalue weighted by Gasteiger charge is 1.99. The number of rotatable bonds is 5. The Kier molecular flexibility index (Phi) is 5.78. The van der Waals surface area contributed by atoms with Crippen molar-refractivity contribution in [3.63, 3.8) is 0 Å². The molecule has 0 radical (unpaired) electrons. The predicted octanol–water partition coefficient (Wildman–Crippen LogP) is 0.0390. The molecule has 0 fully saturated rings. The Morgan fingerprint density at radius 1 is 1.64 bits per heavy atom. The molecular weight excluding hydrogens is 144 g/mol. The zero-order valence-electron chi connectivity index (χ0n) is 7.09. The molecule has 0 aliphatic heterocycles. The molecule has 0 unspecified atom stereocenters. The fourth-order valence-electron chi connectivity index (χ4n) is 0.627. The first-order chi connectivity index (χ1) is 5.16. The van der Waals surface area contributed by atoms with Gasteiger partial charge in [-0.25, -0.2) is 5.90 Å². The third kappa shape index (κ3) is 7.29. The Bertz CT molecular complexity index is 115. The highest BCUT2D eigenvalue weighted by Crippen LogP contribution is 1.95. The van der Waals surface area contributed by atoms with E-state index in [1.807, 2.05) is 0 Å². The lowest BCUT2D eigenvalue weighted by Crippen LogP contribution is -2.30. The second-order valence-corrected chi connectivity index (χ2v) is 2.84. The zero-order chi connectivity index (χ0) is 8.69. The lowest BCUT2D eigenvalue weighted by molar-refractivity contribution is -0.125. The highest BCUT2D eigenvalue weighted by molar-refractivity contribution is 5.77. The Morgan fingerprint density at radius 3 is 2.73 bits per heavy atom. The van der Waals surface area contributed by atoms with Gasteiger partial charge in [-0.1, -0.05) is 13.8 Å². The Balaban J connectivity index is 3.17. The second kappa shape index (κ2) is 6.12. The summed E-state index contributed by atoms with van der Waals surface area (Å²) in [6.07, 6.45) is 0.982. The third-order valence-corrected chi connectivity index (χ3v) is 1.26. The van der Waals surface area contributed by atoms with Crippen molar-refractivity contribution in [2.45, 2.75) is 20.3 Å². The molecule has 4 nitrogen and oxygen atoms in total. The Labute approximate surface area is 67.0 Å². The van der Waals surface area contributed by atoms with Crippen molar-refractivity contribution in [1.29, 1.82) is 0 Å². The molecule has 0 heterocycles. The van der Waals surface area contributed by atoms with Gasteiger partial charge in [-0.05, 0) is 12.3 Å². The molecule has 0 rings (SSSR count). The van der Waals surface area contributed by atoms with Gasteiger partial charge in [-0.2, -0.15) is 0 Å². The van der Waals surface area contributed by atoms with Crippen LogP contribution >= 0.6 is 0 Å². The standard InChI is InChI=1S/C7H16N2O2/c1-6(2)3-4-9-7(10)5-11-8/h6H,3-5,8H2,1-2H3,(H,9,10). The molecule has 0 saturated carbocycles.